The average molecular weight is 259 g/mol. The molecule has 1 heterocycles. The second-order valence-electron chi connectivity index (χ2n) is 3.02. The topological polar surface area (TPSA) is 83.0 Å². The quantitative estimate of drug-likeness (QED) is 0.819. The van der Waals surface area contributed by atoms with E-state index in [4.69, 9.17) is 28.3 Å². The number of nitrogens with one attached hydrogen (secondary N) is 1. The Labute approximate surface area is 98.6 Å². The van der Waals surface area contributed by atoms with Crippen molar-refractivity contribution in [3.05, 3.63) is 38.2 Å². The van der Waals surface area contributed by atoms with Crippen LogP contribution in [0.2, 0.25) is 10.0 Å². The normalized spacial score (nSPS) is 10.6. The molecule has 0 radical (unpaired) electrons. The first kappa shape index (κ1) is 10.9. The predicted octanol–water partition coefficient (Wildman–Crippen LogP) is 1.93. The lowest BCUT2D eigenvalue weighted by atomic mass is 10.1. The maximum atomic E-state index is 11.4. The molecule has 2 rings (SSSR count). The fraction of sp³-hybridized carbons (Fsp3) is 0. The summed E-state index contributed by atoms with van der Waals surface area (Å²) >= 11 is 11.5. The van der Waals surface area contributed by atoms with E-state index < -0.39 is 11.5 Å². The van der Waals surface area contributed by atoms with Crippen LogP contribution in [0.3, 0.4) is 0 Å². The highest BCUT2D eigenvalue weighted by Gasteiger charge is 2.14. The Bertz CT molecular complexity index is 651. The summed E-state index contributed by atoms with van der Waals surface area (Å²) in [5.74, 6) is -1.25. The molecule has 1 aromatic heterocycles. The number of carboxylic acids is 1. The molecule has 82 valence electrons. The van der Waals surface area contributed by atoms with Crippen LogP contribution < -0.4 is 5.56 Å². The number of H-pyrrole nitrogens is 1. The van der Waals surface area contributed by atoms with Crippen LogP contribution in [0.15, 0.2) is 16.9 Å². The van der Waals surface area contributed by atoms with Crippen LogP contribution in [0.5, 0.6) is 0 Å². The van der Waals surface area contributed by atoms with Gasteiger partial charge >= 0.3 is 5.97 Å². The van der Waals surface area contributed by atoms with Crippen LogP contribution in [0, 0.1) is 0 Å². The van der Waals surface area contributed by atoms with Crippen LogP contribution in [-0.2, 0) is 0 Å². The molecule has 0 spiro atoms. The number of aromatic carboxylic acids is 1. The highest BCUT2D eigenvalue weighted by Crippen LogP contribution is 2.27. The number of rotatable bonds is 1. The van der Waals surface area contributed by atoms with Gasteiger partial charge in [-0.25, -0.2) is 9.89 Å². The van der Waals surface area contributed by atoms with Crippen molar-refractivity contribution in [3.63, 3.8) is 0 Å². The Balaban J connectivity index is 2.99. The van der Waals surface area contributed by atoms with Gasteiger partial charge in [0.05, 0.1) is 15.4 Å². The van der Waals surface area contributed by atoms with Crippen LogP contribution in [0.4, 0.5) is 0 Å². The minimum Gasteiger partial charge on any atom is -0.476 e. The summed E-state index contributed by atoms with van der Waals surface area (Å²) in [6, 6.07) is 2.62. The lowest BCUT2D eigenvalue weighted by Crippen LogP contribution is -2.14. The van der Waals surface area contributed by atoms with E-state index in [1.807, 2.05) is 0 Å². The standard InChI is InChI=1S/C9H4Cl2N2O3/c10-5-1-3-4(2-6(5)11)8(14)13-12-7(3)9(15)16/h1-2H,(H,13,14)(H,15,16). The van der Waals surface area contributed by atoms with Crippen molar-refractivity contribution in [2.24, 2.45) is 0 Å². The molecule has 0 bridgehead atoms. The van der Waals surface area contributed by atoms with Crippen molar-refractivity contribution in [2.75, 3.05) is 0 Å². The molecular formula is C9H4Cl2N2O3. The summed E-state index contributed by atoms with van der Waals surface area (Å²) in [6.07, 6.45) is 0. The van der Waals surface area contributed by atoms with Gasteiger partial charge in [0.15, 0.2) is 5.69 Å². The Morgan fingerprint density at radius 2 is 1.81 bits per heavy atom. The van der Waals surface area contributed by atoms with E-state index in [1.54, 1.807) is 0 Å². The molecule has 0 saturated heterocycles. The molecule has 0 aliphatic rings. The maximum Gasteiger partial charge on any atom is 0.356 e. The van der Waals surface area contributed by atoms with Gasteiger partial charge < -0.3 is 5.11 Å². The molecule has 0 aliphatic heterocycles. The number of carbonyl (C=O) groups is 1. The number of benzene rings is 1. The molecule has 0 amide bonds. The van der Waals surface area contributed by atoms with E-state index in [0.717, 1.165) is 0 Å². The zero-order valence-corrected chi connectivity index (χ0v) is 9.13. The highest BCUT2D eigenvalue weighted by molar-refractivity contribution is 6.42. The maximum absolute atomic E-state index is 11.4. The number of hydrogen-bond donors (Lipinski definition) is 2. The molecule has 5 nitrogen and oxygen atoms in total. The Morgan fingerprint density at radius 1 is 1.25 bits per heavy atom. The smallest absolute Gasteiger partial charge is 0.356 e. The van der Waals surface area contributed by atoms with Gasteiger partial charge in [0.2, 0.25) is 0 Å². The minimum atomic E-state index is -1.25. The lowest BCUT2D eigenvalue weighted by Gasteiger charge is -2.02. The highest BCUT2D eigenvalue weighted by atomic mass is 35.5. The van der Waals surface area contributed by atoms with Gasteiger partial charge in [-0.2, -0.15) is 5.10 Å². The van der Waals surface area contributed by atoms with Crippen molar-refractivity contribution in [1.82, 2.24) is 10.2 Å². The summed E-state index contributed by atoms with van der Waals surface area (Å²) in [5.41, 5.74) is -0.785. The fourth-order valence-corrected chi connectivity index (χ4v) is 1.65. The van der Waals surface area contributed by atoms with Gasteiger partial charge in [-0.1, -0.05) is 23.2 Å². The van der Waals surface area contributed by atoms with E-state index in [0.29, 0.717) is 0 Å². The summed E-state index contributed by atoms with van der Waals surface area (Å²) in [5, 5.41) is 15.0. The SMILES string of the molecule is O=C(O)c1n[nH]c(=O)c2cc(Cl)c(Cl)cc12. The van der Waals surface area contributed by atoms with Gasteiger partial charge in [-0.15, -0.1) is 0 Å². The van der Waals surface area contributed by atoms with Crippen molar-refractivity contribution in [1.29, 1.82) is 0 Å². The number of halogens is 2. The molecule has 16 heavy (non-hydrogen) atoms. The van der Waals surface area contributed by atoms with Crippen molar-refractivity contribution < 1.29 is 9.90 Å². The van der Waals surface area contributed by atoms with Gasteiger partial charge in [-0.3, -0.25) is 4.79 Å². The van der Waals surface area contributed by atoms with E-state index in [9.17, 15) is 9.59 Å². The summed E-state index contributed by atoms with van der Waals surface area (Å²) in [6.45, 7) is 0. The molecule has 0 atom stereocenters. The molecule has 2 N–H and O–H groups in total. The first-order chi connectivity index (χ1) is 7.50. The molecule has 0 fully saturated rings. The Morgan fingerprint density at radius 3 is 2.38 bits per heavy atom. The van der Waals surface area contributed by atoms with Gasteiger partial charge in [-0.05, 0) is 12.1 Å². The van der Waals surface area contributed by atoms with E-state index >= 15 is 0 Å². The molecule has 1 aromatic carbocycles. The third-order valence-corrected chi connectivity index (χ3v) is 2.75. The van der Waals surface area contributed by atoms with E-state index in [2.05, 4.69) is 10.2 Å². The number of nitrogens with zero attached hydrogens (tertiary/aromatic N) is 1. The van der Waals surface area contributed by atoms with Gasteiger partial charge in [0, 0.05) is 5.39 Å². The van der Waals surface area contributed by atoms with Crippen LogP contribution in [-0.4, -0.2) is 21.3 Å². The monoisotopic (exact) mass is 258 g/mol. The zero-order chi connectivity index (χ0) is 11.9. The molecule has 7 heteroatoms. The first-order valence-electron chi connectivity index (χ1n) is 4.11. The third-order valence-electron chi connectivity index (χ3n) is 2.03. The number of fused-ring (bicyclic) bond motifs is 1. The van der Waals surface area contributed by atoms with Gasteiger partial charge in [0.25, 0.3) is 5.56 Å². The number of aromatic nitrogens is 2. The summed E-state index contributed by atoms with van der Waals surface area (Å²) in [7, 11) is 0. The Hall–Kier alpha value is -1.59. The number of hydrogen-bond acceptors (Lipinski definition) is 3. The number of aromatic amines is 1. The van der Waals surface area contributed by atoms with Gasteiger partial charge in [0.1, 0.15) is 0 Å². The second kappa shape index (κ2) is 3.77. The predicted molar refractivity (Wildman–Crippen MR) is 59.3 cm³/mol. The first-order valence-corrected chi connectivity index (χ1v) is 4.87. The van der Waals surface area contributed by atoms with Crippen molar-refractivity contribution in [2.45, 2.75) is 0 Å². The molecule has 0 unspecified atom stereocenters. The molecule has 0 aliphatic carbocycles. The van der Waals surface area contributed by atoms with Crippen LogP contribution in [0.25, 0.3) is 10.8 Å². The summed E-state index contributed by atoms with van der Waals surface area (Å²) in [4.78, 5) is 22.3. The Kier molecular flexibility index (Phi) is 2.57. The summed E-state index contributed by atoms with van der Waals surface area (Å²) < 4.78 is 0. The van der Waals surface area contributed by atoms with Crippen molar-refractivity contribution >= 4 is 39.9 Å². The number of carboxylic acid groups (broad SMARTS) is 1. The van der Waals surface area contributed by atoms with Crippen molar-refractivity contribution in [3.8, 4) is 0 Å². The van der Waals surface area contributed by atoms with Crippen LogP contribution in [0.1, 0.15) is 10.5 Å². The van der Waals surface area contributed by atoms with E-state index in [-0.39, 0.29) is 26.5 Å². The minimum absolute atomic E-state index is 0.141. The molecule has 0 saturated carbocycles. The molecule has 2 aromatic rings. The average Bonchev–Trinajstić information content (AvgIpc) is 2.21. The fourth-order valence-electron chi connectivity index (χ4n) is 1.32. The second-order valence-corrected chi connectivity index (χ2v) is 3.83. The molecular weight excluding hydrogens is 255 g/mol. The lowest BCUT2D eigenvalue weighted by molar-refractivity contribution is 0.0691. The third kappa shape index (κ3) is 1.64. The largest absolute Gasteiger partial charge is 0.476 e. The van der Waals surface area contributed by atoms with Crippen LogP contribution >= 0.6 is 23.2 Å². The van der Waals surface area contributed by atoms with E-state index in [1.165, 1.54) is 12.1 Å². The zero-order valence-electron chi connectivity index (χ0n) is 7.62.